The van der Waals surface area contributed by atoms with E-state index >= 15 is 0 Å². The molecule has 0 unspecified atom stereocenters. The van der Waals surface area contributed by atoms with Crippen molar-refractivity contribution < 1.29 is 0 Å². The highest BCUT2D eigenvalue weighted by atomic mass is 31.1. The van der Waals surface area contributed by atoms with Gasteiger partial charge in [-0.2, -0.15) is 0 Å². The van der Waals surface area contributed by atoms with E-state index in [2.05, 4.69) is 108 Å². The van der Waals surface area contributed by atoms with E-state index in [0.717, 1.165) is 24.1 Å². The first-order valence-electron chi connectivity index (χ1n) is 10.3. The Bertz CT molecular complexity index is 1210. The van der Waals surface area contributed by atoms with Crippen LogP contribution in [0.5, 0.6) is 0 Å². The highest BCUT2D eigenvalue weighted by Crippen LogP contribution is 2.32. The van der Waals surface area contributed by atoms with Crippen LogP contribution in [0.25, 0.3) is 10.9 Å². The molecule has 2 aromatic heterocycles. The van der Waals surface area contributed by atoms with E-state index in [4.69, 9.17) is 4.98 Å². The van der Waals surface area contributed by atoms with Crippen molar-refractivity contribution >= 4 is 34.9 Å². The van der Waals surface area contributed by atoms with Gasteiger partial charge < -0.3 is 4.98 Å². The lowest BCUT2D eigenvalue weighted by molar-refractivity contribution is 0.898. The van der Waals surface area contributed by atoms with Crippen molar-refractivity contribution in [1.82, 2.24) is 9.97 Å². The molecule has 3 aromatic carbocycles. The molecule has 1 N–H and O–H groups in total. The number of aromatic nitrogens is 2. The maximum Gasteiger partial charge on any atom is 0.0705 e. The average Bonchev–Trinajstić information content (AvgIpc) is 3.28. The number of hydrogen-bond donors (Lipinski definition) is 1. The highest BCUT2D eigenvalue weighted by Gasteiger charge is 2.17. The van der Waals surface area contributed by atoms with Gasteiger partial charge in [-0.05, 0) is 47.7 Å². The molecule has 0 saturated carbocycles. The van der Waals surface area contributed by atoms with Crippen LogP contribution < -0.4 is 16.0 Å². The molecule has 0 saturated heterocycles. The highest BCUT2D eigenvalue weighted by molar-refractivity contribution is 7.79. The molecule has 0 aliphatic rings. The third-order valence-corrected chi connectivity index (χ3v) is 7.68. The molecule has 0 aliphatic heterocycles. The maximum absolute atomic E-state index is 4.82. The molecule has 30 heavy (non-hydrogen) atoms. The van der Waals surface area contributed by atoms with Gasteiger partial charge in [0.1, 0.15) is 0 Å². The number of aryl methyl sites for hydroxylation is 2. The summed E-state index contributed by atoms with van der Waals surface area (Å²) in [6.07, 6.45) is 1.89. The third-order valence-electron chi connectivity index (χ3n) is 5.31. The Hall–Kier alpha value is -3.22. The Kier molecular flexibility index (Phi) is 5.42. The van der Waals surface area contributed by atoms with E-state index in [0.29, 0.717) is 0 Å². The van der Waals surface area contributed by atoms with Crippen molar-refractivity contribution in [2.75, 3.05) is 0 Å². The molecule has 2 heterocycles. The Morgan fingerprint density at radius 1 is 0.600 bits per heavy atom. The van der Waals surface area contributed by atoms with Crippen molar-refractivity contribution in [2.45, 2.75) is 12.8 Å². The minimum Gasteiger partial charge on any atom is -0.358 e. The summed E-state index contributed by atoms with van der Waals surface area (Å²) in [5.41, 5.74) is 4.76. The van der Waals surface area contributed by atoms with Crippen LogP contribution >= 0.6 is 7.92 Å². The molecule has 0 aliphatic carbocycles. The van der Waals surface area contributed by atoms with Gasteiger partial charge in [0.2, 0.25) is 0 Å². The zero-order valence-corrected chi connectivity index (χ0v) is 17.6. The van der Waals surface area contributed by atoms with Crippen LogP contribution in [0, 0.1) is 0 Å². The van der Waals surface area contributed by atoms with Crippen LogP contribution in [0.2, 0.25) is 0 Å². The fraction of sp³-hybridized carbons (Fsp3) is 0.0741. The number of H-pyrrole nitrogens is 1. The van der Waals surface area contributed by atoms with Gasteiger partial charge in [0.15, 0.2) is 0 Å². The van der Waals surface area contributed by atoms with E-state index < -0.39 is 7.92 Å². The number of hydrogen-bond acceptors (Lipinski definition) is 1. The zero-order valence-electron chi connectivity index (χ0n) is 16.7. The van der Waals surface area contributed by atoms with Crippen LogP contribution in [-0.2, 0) is 12.8 Å². The van der Waals surface area contributed by atoms with Gasteiger partial charge in [-0.1, -0.05) is 84.9 Å². The van der Waals surface area contributed by atoms with Gasteiger partial charge in [0, 0.05) is 30.1 Å². The van der Waals surface area contributed by atoms with Crippen LogP contribution in [0.3, 0.4) is 0 Å². The lowest BCUT2D eigenvalue weighted by atomic mass is 10.1. The average molecular weight is 406 g/mol. The molecule has 0 bridgehead atoms. The normalized spacial score (nSPS) is 11.2. The van der Waals surface area contributed by atoms with Crippen molar-refractivity contribution in [3.63, 3.8) is 0 Å². The van der Waals surface area contributed by atoms with Crippen LogP contribution in [0.1, 0.15) is 11.4 Å². The Balaban J connectivity index is 1.38. The first-order valence-corrected chi connectivity index (χ1v) is 11.6. The van der Waals surface area contributed by atoms with Gasteiger partial charge in [0.25, 0.3) is 0 Å². The Morgan fingerprint density at radius 2 is 1.27 bits per heavy atom. The monoisotopic (exact) mass is 406 g/mol. The summed E-state index contributed by atoms with van der Waals surface area (Å²) in [5, 5.41) is 3.92. The minimum atomic E-state index is -0.585. The molecule has 3 heteroatoms. The van der Waals surface area contributed by atoms with Crippen molar-refractivity contribution in [3.05, 3.63) is 121 Å². The van der Waals surface area contributed by atoms with E-state index in [9.17, 15) is 0 Å². The second-order valence-electron chi connectivity index (χ2n) is 7.37. The van der Waals surface area contributed by atoms with Gasteiger partial charge in [-0.3, -0.25) is 4.98 Å². The standard InChI is InChI=1S/C27H23N2P/c1-3-10-24(11-4-1)30(25-12-5-2-6-13-25)27-20-19-23(29-27)18-17-22-16-15-21-9-7-8-14-26(21)28-22/h1-16,19-20,29H,17-18H2. The second kappa shape index (κ2) is 8.65. The number of benzene rings is 3. The summed E-state index contributed by atoms with van der Waals surface area (Å²) in [6, 6.07) is 38.7. The maximum atomic E-state index is 4.82. The molecule has 0 amide bonds. The minimum absolute atomic E-state index is 0.585. The lowest BCUT2D eigenvalue weighted by Gasteiger charge is -2.17. The van der Waals surface area contributed by atoms with E-state index in [-0.39, 0.29) is 0 Å². The molecule has 5 aromatic rings. The summed E-state index contributed by atoms with van der Waals surface area (Å²) in [6.45, 7) is 0. The van der Waals surface area contributed by atoms with Crippen molar-refractivity contribution in [1.29, 1.82) is 0 Å². The first-order chi connectivity index (χ1) is 14.9. The smallest absolute Gasteiger partial charge is 0.0705 e. The van der Waals surface area contributed by atoms with Gasteiger partial charge in [-0.15, -0.1) is 0 Å². The largest absolute Gasteiger partial charge is 0.358 e. The van der Waals surface area contributed by atoms with Crippen LogP contribution in [0.4, 0.5) is 0 Å². The number of pyridine rings is 1. The number of aromatic amines is 1. The van der Waals surface area contributed by atoms with E-state index in [1.807, 2.05) is 6.07 Å². The quantitative estimate of drug-likeness (QED) is 0.390. The van der Waals surface area contributed by atoms with Crippen molar-refractivity contribution in [3.8, 4) is 0 Å². The third kappa shape index (κ3) is 4.06. The molecule has 146 valence electrons. The molecule has 0 atom stereocenters. The van der Waals surface area contributed by atoms with Crippen LogP contribution in [0.15, 0.2) is 109 Å². The number of para-hydroxylation sites is 1. The van der Waals surface area contributed by atoms with Gasteiger partial charge in [-0.25, -0.2) is 0 Å². The summed E-state index contributed by atoms with van der Waals surface area (Å²) in [7, 11) is -0.585. The summed E-state index contributed by atoms with van der Waals surface area (Å²) >= 11 is 0. The van der Waals surface area contributed by atoms with Gasteiger partial charge in [0.05, 0.1) is 5.52 Å². The zero-order chi connectivity index (χ0) is 20.2. The number of rotatable bonds is 6. The van der Waals surface area contributed by atoms with Crippen molar-refractivity contribution in [2.24, 2.45) is 0 Å². The van der Waals surface area contributed by atoms with E-state index in [1.54, 1.807) is 0 Å². The molecule has 0 spiro atoms. The number of nitrogens with one attached hydrogen (secondary N) is 1. The molecule has 0 radical (unpaired) electrons. The van der Waals surface area contributed by atoms with Gasteiger partial charge >= 0.3 is 0 Å². The van der Waals surface area contributed by atoms with Crippen LogP contribution in [-0.4, -0.2) is 9.97 Å². The SMILES string of the molecule is c1ccc(P(c2ccccc2)c2ccc(CCc3ccc4ccccc4n3)[nH]2)cc1. The fourth-order valence-electron chi connectivity index (χ4n) is 3.80. The number of nitrogens with zero attached hydrogens (tertiary/aromatic N) is 1. The Morgan fingerprint density at radius 3 is 2.00 bits per heavy atom. The topological polar surface area (TPSA) is 28.7 Å². The molecular weight excluding hydrogens is 383 g/mol. The molecular formula is C27H23N2P. The summed E-state index contributed by atoms with van der Waals surface area (Å²) < 4.78 is 0. The second-order valence-corrected chi connectivity index (χ2v) is 9.56. The predicted molar refractivity (Wildman–Crippen MR) is 129 cm³/mol. The molecule has 0 fully saturated rings. The predicted octanol–water partition coefficient (Wildman–Crippen LogP) is 5.11. The summed E-state index contributed by atoms with van der Waals surface area (Å²) in [5.74, 6) is 0. The molecule has 5 rings (SSSR count). The first kappa shape index (κ1) is 18.8. The fourth-order valence-corrected chi connectivity index (χ4v) is 6.07. The summed E-state index contributed by atoms with van der Waals surface area (Å²) in [4.78, 5) is 8.54. The number of fused-ring (bicyclic) bond motifs is 1. The van der Waals surface area contributed by atoms with E-state index in [1.165, 1.54) is 27.1 Å². The lowest BCUT2D eigenvalue weighted by Crippen LogP contribution is -2.21. The molecule has 2 nitrogen and oxygen atoms in total. The Labute approximate surface area is 178 Å².